The largest absolute Gasteiger partial charge is 0.478 e. The van der Waals surface area contributed by atoms with Crippen molar-refractivity contribution in [3.63, 3.8) is 0 Å². The second kappa shape index (κ2) is 7.85. The Hall–Kier alpha value is -2.00. The summed E-state index contributed by atoms with van der Waals surface area (Å²) in [4.78, 5) is 12.2. The zero-order chi connectivity index (χ0) is 16.8. The Morgan fingerprint density at radius 2 is 1.77 bits per heavy atom. The summed E-state index contributed by atoms with van der Waals surface area (Å²) < 4.78 is 34.3. The summed E-state index contributed by atoms with van der Waals surface area (Å²) in [7, 11) is -3.47. The van der Waals surface area contributed by atoms with Crippen molar-refractivity contribution in [2.24, 2.45) is 5.84 Å². The lowest BCUT2D eigenvalue weighted by Crippen LogP contribution is -2.30. The van der Waals surface area contributed by atoms with Gasteiger partial charge >= 0.3 is 5.97 Å². The average molecular weight is 347 g/mol. The van der Waals surface area contributed by atoms with Gasteiger partial charge in [0.2, 0.25) is 0 Å². The third kappa shape index (κ3) is 5.08. The number of rotatable bonds is 3. The Labute approximate surface area is 131 Å². The first-order valence-electron chi connectivity index (χ1n) is 5.73. The molecular weight excluding hydrogens is 335 g/mol. The highest BCUT2D eigenvalue weighted by Gasteiger charge is 2.09. The van der Waals surface area contributed by atoms with Gasteiger partial charge < -0.3 is 5.11 Å². The second-order valence-electron chi connectivity index (χ2n) is 3.86. The van der Waals surface area contributed by atoms with Crippen molar-refractivity contribution in [3.8, 4) is 0 Å². The van der Waals surface area contributed by atoms with Gasteiger partial charge in [-0.15, -0.1) is 0 Å². The SMILES string of the molecule is NNS(=O)(=O)c1ccccc1.O=C(O)c1ccc(F)cc1Cl. The van der Waals surface area contributed by atoms with Crippen molar-refractivity contribution >= 4 is 27.6 Å². The fourth-order valence-corrected chi connectivity index (χ4v) is 2.23. The molecule has 0 bridgehead atoms. The summed E-state index contributed by atoms with van der Waals surface area (Å²) >= 11 is 5.40. The van der Waals surface area contributed by atoms with Gasteiger partial charge in [-0.2, -0.15) is 4.83 Å². The Kier molecular flexibility index (Phi) is 6.44. The van der Waals surface area contributed by atoms with E-state index in [1.807, 2.05) is 0 Å². The fraction of sp³-hybridized carbons (Fsp3) is 0. The molecule has 0 aromatic heterocycles. The van der Waals surface area contributed by atoms with Crippen LogP contribution >= 0.6 is 11.6 Å². The van der Waals surface area contributed by atoms with Gasteiger partial charge in [0.15, 0.2) is 0 Å². The quantitative estimate of drug-likeness (QED) is 0.581. The van der Waals surface area contributed by atoms with Crippen LogP contribution in [-0.2, 0) is 10.0 Å². The molecule has 0 heterocycles. The van der Waals surface area contributed by atoms with Crippen LogP contribution in [0.25, 0.3) is 0 Å². The van der Waals surface area contributed by atoms with E-state index in [0.717, 1.165) is 18.2 Å². The molecule has 118 valence electrons. The van der Waals surface area contributed by atoms with Gasteiger partial charge in [-0.25, -0.2) is 17.6 Å². The zero-order valence-electron chi connectivity index (χ0n) is 11.0. The molecule has 0 aliphatic rings. The van der Waals surface area contributed by atoms with Gasteiger partial charge in [-0.05, 0) is 30.3 Å². The van der Waals surface area contributed by atoms with Crippen LogP contribution in [0.1, 0.15) is 10.4 Å². The maximum absolute atomic E-state index is 12.3. The number of benzene rings is 2. The van der Waals surface area contributed by atoms with Gasteiger partial charge in [0.25, 0.3) is 10.0 Å². The molecule has 2 rings (SSSR count). The second-order valence-corrected chi connectivity index (χ2v) is 5.98. The zero-order valence-corrected chi connectivity index (χ0v) is 12.6. The molecule has 6 nitrogen and oxygen atoms in total. The summed E-state index contributed by atoms with van der Waals surface area (Å²) in [5.41, 5.74) is -0.0898. The van der Waals surface area contributed by atoms with Crippen LogP contribution in [0.15, 0.2) is 53.4 Å². The fourth-order valence-electron chi connectivity index (χ4n) is 1.33. The number of hydrazine groups is 1. The van der Waals surface area contributed by atoms with Crippen molar-refractivity contribution in [2.45, 2.75) is 4.90 Å². The predicted molar refractivity (Wildman–Crippen MR) is 79.3 cm³/mol. The number of carboxylic acids is 1. The molecule has 9 heteroatoms. The number of aromatic carboxylic acids is 1. The summed E-state index contributed by atoms with van der Waals surface area (Å²) in [6.45, 7) is 0. The molecule has 2 aromatic carbocycles. The highest BCUT2D eigenvalue weighted by Crippen LogP contribution is 2.16. The number of carboxylic acid groups (broad SMARTS) is 1. The van der Waals surface area contributed by atoms with Crippen molar-refractivity contribution < 1.29 is 22.7 Å². The van der Waals surface area contributed by atoms with Gasteiger partial charge in [-0.1, -0.05) is 29.8 Å². The number of nitrogens with one attached hydrogen (secondary N) is 1. The van der Waals surface area contributed by atoms with Gasteiger partial charge in [-0.3, -0.25) is 5.84 Å². The van der Waals surface area contributed by atoms with E-state index < -0.39 is 21.8 Å². The van der Waals surface area contributed by atoms with Gasteiger partial charge in [0, 0.05) is 0 Å². The van der Waals surface area contributed by atoms with E-state index >= 15 is 0 Å². The predicted octanol–water partition coefficient (Wildman–Crippen LogP) is 2.02. The number of hydrogen-bond donors (Lipinski definition) is 3. The molecule has 0 saturated heterocycles. The lowest BCUT2D eigenvalue weighted by molar-refractivity contribution is 0.0697. The van der Waals surface area contributed by atoms with E-state index in [1.165, 1.54) is 12.1 Å². The van der Waals surface area contributed by atoms with Crippen molar-refractivity contribution in [1.82, 2.24) is 4.83 Å². The molecule has 0 unspecified atom stereocenters. The minimum Gasteiger partial charge on any atom is -0.478 e. The van der Waals surface area contributed by atoms with E-state index in [9.17, 15) is 17.6 Å². The minimum atomic E-state index is -3.47. The highest BCUT2D eigenvalue weighted by atomic mass is 35.5. The summed E-state index contributed by atoms with van der Waals surface area (Å²) in [5, 5.41) is 8.36. The van der Waals surface area contributed by atoms with Crippen LogP contribution < -0.4 is 10.7 Å². The molecule has 0 atom stereocenters. The number of sulfonamides is 1. The number of carbonyl (C=O) groups is 1. The van der Waals surface area contributed by atoms with E-state index in [2.05, 4.69) is 0 Å². The summed E-state index contributed by atoms with van der Waals surface area (Å²) in [6, 6.07) is 11.1. The van der Waals surface area contributed by atoms with Gasteiger partial charge in [0.05, 0.1) is 15.5 Å². The molecule has 0 fully saturated rings. The topological polar surface area (TPSA) is 109 Å². The Morgan fingerprint density at radius 3 is 2.23 bits per heavy atom. The molecule has 22 heavy (non-hydrogen) atoms. The van der Waals surface area contributed by atoms with Crippen molar-refractivity contribution in [3.05, 3.63) is 64.9 Å². The molecule has 0 spiro atoms. The van der Waals surface area contributed by atoms with E-state index in [-0.39, 0.29) is 15.5 Å². The number of halogens is 2. The van der Waals surface area contributed by atoms with Crippen molar-refractivity contribution in [2.75, 3.05) is 0 Å². The maximum Gasteiger partial charge on any atom is 0.337 e. The van der Waals surface area contributed by atoms with Crippen LogP contribution in [0.3, 0.4) is 0 Å². The van der Waals surface area contributed by atoms with E-state index in [4.69, 9.17) is 22.6 Å². The Bertz CT molecular complexity index is 754. The summed E-state index contributed by atoms with van der Waals surface area (Å²) in [6.07, 6.45) is 0. The lowest BCUT2D eigenvalue weighted by atomic mass is 10.2. The molecule has 0 amide bonds. The first-order chi connectivity index (χ1) is 10.3. The molecular formula is C13H12ClFN2O4S. The van der Waals surface area contributed by atoms with Crippen LogP contribution in [0.2, 0.25) is 5.02 Å². The molecule has 0 aliphatic heterocycles. The third-order valence-electron chi connectivity index (χ3n) is 2.37. The number of nitrogens with two attached hydrogens (primary N) is 1. The van der Waals surface area contributed by atoms with Gasteiger partial charge in [0.1, 0.15) is 5.82 Å². The number of hydrogen-bond acceptors (Lipinski definition) is 4. The average Bonchev–Trinajstić information content (AvgIpc) is 2.48. The monoisotopic (exact) mass is 346 g/mol. The molecule has 2 aromatic rings. The standard InChI is InChI=1S/C7H4ClFO2.C6H8N2O2S/c8-6-3-4(9)1-2-5(6)7(10)11;7-8-11(9,10)6-4-2-1-3-5-6/h1-3H,(H,10,11);1-5,8H,7H2. The van der Waals surface area contributed by atoms with Crippen LogP contribution in [-0.4, -0.2) is 19.5 Å². The molecule has 0 aliphatic carbocycles. The molecule has 0 radical (unpaired) electrons. The van der Waals surface area contributed by atoms with Crippen molar-refractivity contribution in [1.29, 1.82) is 0 Å². The first-order valence-corrected chi connectivity index (χ1v) is 7.60. The van der Waals surface area contributed by atoms with Crippen LogP contribution in [0, 0.1) is 5.82 Å². The molecule has 0 saturated carbocycles. The van der Waals surface area contributed by atoms with E-state index in [1.54, 1.807) is 23.0 Å². The van der Waals surface area contributed by atoms with Crippen LogP contribution in [0.4, 0.5) is 4.39 Å². The summed E-state index contributed by atoms with van der Waals surface area (Å²) in [5.74, 6) is 3.10. The smallest absolute Gasteiger partial charge is 0.337 e. The molecule has 4 N–H and O–H groups in total. The Morgan fingerprint density at radius 1 is 1.18 bits per heavy atom. The minimum absolute atomic E-state index is 0.0856. The van der Waals surface area contributed by atoms with Crippen LogP contribution in [0.5, 0.6) is 0 Å². The maximum atomic E-state index is 12.3. The van der Waals surface area contributed by atoms with E-state index in [0.29, 0.717) is 0 Å². The Balaban J connectivity index is 0.000000220. The first kappa shape index (κ1) is 18.1. The third-order valence-corrected chi connectivity index (χ3v) is 3.89. The highest BCUT2D eigenvalue weighted by molar-refractivity contribution is 7.89. The lowest BCUT2D eigenvalue weighted by Gasteiger charge is -1.99. The normalized spacial score (nSPS) is 10.5.